The molecule has 2 heterocycles. The van der Waals surface area contributed by atoms with Crippen LogP contribution in [-0.2, 0) is 4.79 Å². The maximum atomic E-state index is 12.3. The molecule has 2 aromatic rings. The molecule has 0 atom stereocenters. The Kier molecular flexibility index (Phi) is 4.50. The lowest BCUT2D eigenvalue weighted by Crippen LogP contribution is -2.34. The van der Waals surface area contributed by atoms with Gasteiger partial charge in [0, 0.05) is 17.7 Å². The van der Waals surface area contributed by atoms with Crippen LogP contribution in [0.15, 0.2) is 45.7 Å². The zero-order valence-electron chi connectivity index (χ0n) is 13.6. The molecule has 128 valence electrons. The van der Waals surface area contributed by atoms with Gasteiger partial charge in [0.15, 0.2) is 0 Å². The number of hydrogen-bond acceptors (Lipinski definition) is 5. The van der Waals surface area contributed by atoms with E-state index in [-0.39, 0.29) is 22.8 Å². The summed E-state index contributed by atoms with van der Waals surface area (Å²) in [5, 5.41) is 8.63. The summed E-state index contributed by atoms with van der Waals surface area (Å²) in [6, 6.07) is 9.52. The fourth-order valence-corrected chi connectivity index (χ4v) is 3.36. The van der Waals surface area contributed by atoms with Crippen LogP contribution >= 0.6 is 11.8 Å². The largest absolute Gasteiger partial charge is 0.478 e. The molecule has 1 aromatic carbocycles. The summed E-state index contributed by atoms with van der Waals surface area (Å²) in [6.45, 7) is 3.57. The van der Waals surface area contributed by atoms with Gasteiger partial charge in [0.25, 0.3) is 11.1 Å². The number of nitrogens with zero attached hydrogens (tertiary/aromatic N) is 1. The second kappa shape index (κ2) is 6.60. The quantitative estimate of drug-likeness (QED) is 0.829. The van der Waals surface area contributed by atoms with Gasteiger partial charge in [-0.25, -0.2) is 4.79 Å². The zero-order valence-corrected chi connectivity index (χ0v) is 14.4. The van der Waals surface area contributed by atoms with Crippen molar-refractivity contribution in [2.75, 3.05) is 0 Å². The van der Waals surface area contributed by atoms with Gasteiger partial charge in [-0.1, -0.05) is 12.1 Å². The Morgan fingerprint density at radius 1 is 1.16 bits per heavy atom. The Balaban J connectivity index is 1.83. The summed E-state index contributed by atoms with van der Waals surface area (Å²) in [5.74, 6) is -0.320. The predicted molar refractivity (Wildman–Crippen MR) is 94.0 cm³/mol. The molecule has 1 fully saturated rings. The van der Waals surface area contributed by atoms with E-state index in [1.54, 1.807) is 44.2 Å². The average molecular weight is 357 g/mol. The lowest BCUT2D eigenvalue weighted by Gasteiger charge is -2.16. The summed E-state index contributed by atoms with van der Waals surface area (Å²) >= 11 is 0.888. The minimum atomic E-state index is -0.993. The highest BCUT2D eigenvalue weighted by Gasteiger charge is 2.36. The van der Waals surface area contributed by atoms with Gasteiger partial charge >= 0.3 is 5.97 Å². The van der Waals surface area contributed by atoms with Crippen molar-refractivity contribution in [2.45, 2.75) is 19.9 Å². The van der Waals surface area contributed by atoms with Crippen LogP contribution in [0, 0.1) is 0 Å². The molecule has 0 saturated carbocycles. The van der Waals surface area contributed by atoms with Crippen molar-refractivity contribution >= 4 is 35.0 Å². The minimum absolute atomic E-state index is 0.192. The second-order valence-electron chi connectivity index (χ2n) is 5.73. The summed E-state index contributed by atoms with van der Waals surface area (Å²) < 4.78 is 5.69. The number of amides is 2. The predicted octanol–water partition coefficient (Wildman–Crippen LogP) is 4.09. The Morgan fingerprint density at radius 2 is 1.84 bits per heavy atom. The van der Waals surface area contributed by atoms with Gasteiger partial charge in [-0.15, -0.1) is 0 Å². The first-order chi connectivity index (χ1) is 11.9. The number of rotatable bonds is 4. The first kappa shape index (κ1) is 17.0. The number of thioether (sulfide) groups is 1. The molecule has 0 aliphatic carbocycles. The fraction of sp³-hybridized carbons (Fsp3) is 0.167. The van der Waals surface area contributed by atoms with E-state index in [9.17, 15) is 14.4 Å². The average Bonchev–Trinajstić information content (AvgIpc) is 3.12. The number of imide groups is 1. The number of aromatic carboxylic acids is 1. The van der Waals surface area contributed by atoms with Gasteiger partial charge in [0.05, 0.1) is 10.5 Å². The molecule has 0 radical (unpaired) electrons. The molecule has 0 bridgehead atoms. The highest BCUT2D eigenvalue weighted by atomic mass is 32.2. The molecule has 1 aromatic heterocycles. The van der Waals surface area contributed by atoms with Gasteiger partial charge < -0.3 is 9.52 Å². The molecule has 1 aliphatic heterocycles. The highest BCUT2D eigenvalue weighted by Crippen LogP contribution is 2.34. The van der Waals surface area contributed by atoms with Crippen molar-refractivity contribution in [1.82, 2.24) is 4.90 Å². The topological polar surface area (TPSA) is 87.8 Å². The van der Waals surface area contributed by atoms with Crippen LogP contribution in [0.3, 0.4) is 0 Å². The zero-order chi connectivity index (χ0) is 18.1. The van der Waals surface area contributed by atoms with Crippen LogP contribution in [0.5, 0.6) is 0 Å². The molecule has 25 heavy (non-hydrogen) atoms. The molecule has 1 N–H and O–H groups in total. The molecule has 1 aliphatic rings. The van der Waals surface area contributed by atoms with Crippen LogP contribution < -0.4 is 0 Å². The lowest BCUT2D eigenvalue weighted by atomic mass is 10.1. The smallest absolute Gasteiger partial charge is 0.335 e. The maximum Gasteiger partial charge on any atom is 0.335 e. The van der Waals surface area contributed by atoms with Gasteiger partial charge in [0.2, 0.25) is 0 Å². The van der Waals surface area contributed by atoms with E-state index in [4.69, 9.17) is 9.52 Å². The van der Waals surface area contributed by atoms with Crippen molar-refractivity contribution in [2.24, 2.45) is 0 Å². The number of carbonyl (C=O) groups excluding carboxylic acids is 2. The number of benzene rings is 1. The Labute approximate surface area is 148 Å². The van der Waals surface area contributed by atoms with Gasteiger partial charge in [-0.2, -0.15) is 0 Å². The number of carboxylic acids is 1. The molecule has 0 spiro atoms. The molecule has 3 rings (SSSR count). The van der Waals surface area contributed by atoms with E-state index < -0.39 is 5.97 Å². The first-order valence-corrected chi connectivity index (χ1v) is 8.39. The van der Waals surface area contributed by atoms with Crippen molar-refractivity contribution in [3.05, 3.63) is 52.6 Å². The third kappa shape index (κ3) is 3.36. The van der Waals surface area contributed by atoms with Crippen LogP contribution in [0.1, 0.15) is 30.0 Å². The second-order valence-corrected chi connectivity index (χ2v) is 6.72. The van der Waals surface area contributed by atoms with Crippen LogP contribution in [-0.4, -0.2) is 33.2 Å². The van der Waals surface area contributed by atoms with E-state index in [2.05, 4.69) is 0 Å². The monoisotopic (exact) mass is 357 g/mol. The van der Waals surface area contributed by atoms with E-state index >= 15 is 0 Å². The number of carbonyl (C=O) groups is 3. The molecule has 6 nitrogen and oxygen atoms in total. The standard InChI is InChI=1S/C18H15NO5S/c1-10(2)19-16(20)15(25-18(19)23)9-13-7-8-14(24-13)11-3-5-12(6-4-11)17(21)22/h3-10H,1-2H3,(H,21,22). The summed E-state index contributed by atoms with van der Waals surface area (Å²) in [7, 11) is 0. The Hall–Kier alpha value is -2.80. The molecule has 1 saturated heterocycles. The first-order valence-electron chi connectivity index (χ1n) is 7.57. The van der Waals surface area contributed by atoms with Crippen molar-refractivity contribution < 1.29 is 23.9 Å². The molecule has 2 amide bonds. The molecular weight excluding hydrogens is 342 g/mol. The fourth-order valence-electron chi connectivity index (χ4n) is 2.42. The van der Waals surface area contributed by atoms with E-state index in [1.807, 2.05) is 0 Å². The third-order valence-electron chi connectivity index (χ3n) is 3.66. The van der Waals surface area contributed by atoms with Crippen molar-refractivity contribution in [1.29, 1.82) is 0 Å². The lowest BCUT2D eigenvalue weighted by molar-refractivity contribution is -0.123. The Bertz CT molecular complexity index is 879. The summed E-state index contributed by atoms with van der Waals surface area (Å²) in [6.07, 6.45) is 1.54. The van der Waals surface area contributed by atoms with Gasteiger partial charge in [-0.05, 0) is 49.9 Å². The number of carboxylic acid groups (broad SMARTS) is 1. The summed E-state index contributed by atoms with van der Waals surface area (Å²) in [5.41, 5.74) is 0.915. The van der Waals surface area contributed by atoms with E-state index in [0.717, 1.165) is 17.3 Å². The molecule has 7 heteroatoms. The maximum absolute atomic E-state index is 12.3. The van der Waals surface area contributed by atoms with Crippen molar-refractivity contribution in [3.63, 3.8) is 0 Å². The molecular formula is C18H15NO5S. The molecule has 0 unspecified atom stereocenters. The van der Waals surface area contributed by atoms with E-state index in [1.165, 1.54) is 17.0 Å². The summed E-state index contributed by atoms with van der Waals surface area (Å²) in [4.78, 5) is 36.6. The van der Waals surface area contributed by atoms with Crippen LogP contribution in [0.2, 0.25) is 0 Å². The number of furan rings is 1. The van der Waals surface area contributed by atoms with Gasteiger partial charge in [-0.3, -0.25) is 14.5 Å². The van der Waals surface area contributed by atoms with Crippen LogP contribution in [0.4, 0.5) is 4.79 Å². The highest BCUT2D eigenvalue weighted by molar-refractivity contribution is 8.18. The van der Waals surface area contributed by atoms with Gasteiger partial charge in [0.1, 0.15) is 11.5 Å². The SMILES string of the molecule is CC(C)N1C(=O)SC(=Cc2ccc(-c3ccc(C(=O)O)cc3)o2)C1=O. The van der Waals surface area contributed by atoms with Crippen LogP contribution in [0.25, 0.3) is 17.4 Å². The third-order valence-corrected chi connectivity index (χ3v) is 4.54. The number of hydrogen-bond donors (Lipinski definition) is 1. The van der Waals surface area contributed by atoms with E-state index in [0.29, 0.717) is 16.4 Å². The normalized spacial score (nSPS) is 16.3. The minimum Gasteiger partial charge on any atom is -0.478 e. The Morgan fingerprint density at radius 3 is 2.40 bits per heavy atom. The van der Waals surface area contributed by atoms with Crippen molar-refractivity contribution in [3.8, 4) is 11.3 Å².